The zero-order valence-corrected chi connectivity index (χ0v) is 11.9. The summed E-state index contributed by atoms with van der Waals surface area (Å²) in [6.07, 6.45) is -9.02. The first kappa shape index (κ1) is 18.8. The van der Waals surface area contributed by atoms with Crippen LogP contribution in [-0.4, -0.2) is 41.9 Å². The summed E-state index contributed by atoms with van der Waals surface area (Å²) in [5.74, 6) is -2.34. The summed E-state index contributed by atoms with van der Waals surface area (Å²) in [5.41, 5.74) is -2.68. The van der Waals surface area contributed by atoms with Crippen molar-refractivity contribution in [1.82, 2.24) is 0 Å². The Bertz CT molecular complexity index is 374. The lowest BCUT2D eigenvalue weighted by molar-refractivity contribution is -0.212. The van der Waals surface area contributed by atoms with Gasteiger partial charge in [0.25, 0.3) is 6.17 Å². The van der Waals surface area contributed by atoms with Gasteiger partial charge >= 0.3 is 12.1 Å². The Morgan fingerprint density at radius 2 is 1.55 bits per heavy atom. The molecule has 0 radical (unpaired) electrons. The summed E-state index contributed by atoms with van der Waals surface area (Å²) < 4.78 is 58.4. The van der Waals surface area contributed by atoms with E-state index >= 15 is 0 Å². The Labute approximate surface area is 114 Å². The third kappa shape index (κ3) is 5.85. The molecule has 8 heteroatoms. The van der Waals surface area contributed by atoms with Crippen molar-refractivity contribution in [3.05, 3.63) is 0 Å². The molecule has 0 bridgehead atoms. The molecule has 0 aliphatic rings. The van der Waals surface area contributed by atoms with Gasteiger partial charge in [-0.3, -0.25) is 4.79 Å². The molecule has 0 spiro atoms. The van der Waals surface area contributed by atoms with Gasteiger partial charge in [-0.1, -0.05) is 0 Å². The van der Waals surface area contributed by atoms with Gasteiger partial charge in [-0.2, -0.15) is 13.2 Å². The van der Waals surface area contributed by atoms with E-state index in [-0.39, 0.29) is 12.4 Å². The molecule has 1 atom stereocenters. The topological polar surface area (TPSA) is 52.6 Å². The molecular formula is C12H18F4O4. The largest absolute Gasteiger partial charge is 0.455 e. The lowest BCUT2D eigenvalue weighted by Gasteiger charge is -2.30. The first-order chi connectivity index (χ1) is 8.69. The molecule has 0 saturated heterocycles. The lowest BCUT2D eigenvalue weighted by atomic mass is 10.0. The van der Waals surface area contributed by atoms with Gasteiger partial charge in [0.15, 0.2) is 5.78 Å². The van der Waals surface area contributed by atoms with Crippen molar-refractivity contribution in [2.75, 3.05) is 6.61 Å². The number of ether oxygens (including phenoxy) is 2. The van der Waals surface area contributed by atoms with Gasteiger partial charge in [0, 0.05) is 0 Å². The standard InChI is InChI=1S/C12H18F4O4/c1-7(17)11(4,5)19-6-10(2,3)20-9(18)8(13)12(14,15)16/h8H,6H2,1-5H3. The van der Waals surface area contributed by atoms with Crippen LogP contribution in [0.15, 0.2) is 0 Å². The summed E-state index contributed by atoms with van der Waals surface area (Å²) in [5, 5.41) is 0. The second kappa shape index (κ2) is 6.07. The first-order valence-corrected chi connectivity index (χ1v) is 5.78. The van der Waals surface area contributed by atoms with E-state index in [4.69, 9.17) is 4.74 Å². The van der Waals surface area contributed by atoms with Crippen molar-refractivity contribution in [3.8, 4) is 0 Å². The number of esters is 1. The third-order valence-corrected chi connectivity index (χ3v) is 2.50. The predicted octanol–water partition coefficient (Wildman–Crippen LogP) is 2.59. The van der Waals surface area contributed by atoms with Crippen molar-refractivity contribution < 1.29 is 36.6 Å². The maximum Gasteiger partial charge on any atom is 0.430 e. The molecule has 0 fully saturated rings. The van der Waals surface area contributed by atoms with Crippen LogP contribution < -0.4 is 0 Å². The number of halogens is 4. The van der Waals surface area contributed by atoms with Crippen molar-refractivity contribution in [3.63, 3.8) is 0 Å². The molecule has 4 nitrogen and oxygen atoms in total. The molecule has 1 unspecified atom stereocenters. The van der Waals surface area contributed by atoms with E-state index in [0.717, 1.165) is 0 Å². The van der Waals surface area contributed by atoms with E-state index in [9.17, 15) is 27.2 Å². The molecule has 20 heavy (non-hydrogen) atoms. The summed E-state index contributed by atoms with van der Waals surface area (Å²) in [6, 6.07) is 0. The van der Waals surface area contributed by atoms with Crippen molar-refractivity contribution >= 4 is 11.8 Å². The van der Waals surface area contributed by atoms with Gasteiger partial charge in [0.1, 0.15) is 11.2 Å². The van der Waals surface area contributed by atoms with E-state index in [2.05, 4.69) is 4.74 Å². The second-order valence-electron chi connectivity index (χ2n) is 5.44. The number of alkyl halides is 4. The van der Waals surface area contributed by atoms with Crippen LogP contribution in [0.3, 0.4) is 0 Å². The van der Waals surface area contributed by atoms with Crippen LogP contribution in [0.4, 0.5) is 17.6 Å². The first-order valence-electron chi connectivity index (χ1n) is 5.78. The number of Topliss-reactive ketones (excluding diaryl/α,β-unsaturated/α-hetero) is 1. The Morgan fingerprint density at radius 3 is 1.90 bits per heavy atom. The minimum absolute atomic E-state index is 0.307. The van der Waals surface area contributed by atoms with Gasteiger partial charge < -0.3 is 9.47 Å². The minimum atomic E-state index is -5.31. The monoisotopic (exact) mass is 302 g/mol. The summed E-state index contributed by atoms with van der Waals surface area (Å²) in [4.78, 5) is 22.2. The molecule has 0 rings (SSSR count). The fourth-order valence-electron chi connectivity index (χ4n) is 0.943. The van der Waals surface area contributed by atoms with E-state index in [1.807, 2.05) is 0 Å². The van der Waals surface area contributed by atoms with E-state index < -0.39 is 29.5 Å². The molecule has 118 valence electrons. The third-order valence-electron chi connectivity index (χ3n) is 2.50. The average Bonchev–Trinajstić information content (AvgIpc) is 2.23. The second-order valence-corrected chi connectivity index (χ2v) is 5.44. The van der Waals surface area contributed by atoms with Crippen LogP contribution in [0.5, 0.6) is 0 Å². The molecule has 0 aromatic rings. The number of ketones is 1. The van der Waals surface area contributed by atoms with Crippen molar-refractivity contribution in [1.29, 1.82) is 0 Å². The number of hydrogen-bond donors (Lipinski definition) is 0. The Morgan fingerprint density at radius 1 is 1.10 bits per heavy atom. The molecule has 0 heterocycles. The highest BCUT2D eigenvalue weighted by molar-refractivity contribution is 5.84. The molecule has 0 N–H and O–H groups in total. The van der Waals surface area contributed by atoms with Gasteiger partial charge in [-0.25, -0.2) is 9.18 Å². The zero-order valence-electron chi connectivity index (χ0n) is 11.9. The van der Waals surface area contributed by atoms with E-state index in [1.165, 1.54) is 34.6 Å². The van der Waals surface area contributed by atoms with Crippen LogP contribution >= 0.6 is 0 Å². The van der Waals surface area contributed by atoms with Crippen molar-refractivity contribution in [2.24, 2.45) is 0 Å². The average molecular weight is 302 g/mol. The number of carbonyl (C=O) groups excluding carboxylic acids is 2. The fraction of sp³-hybridized carbons (Fsp3) is 0.833. The Kier molecular flexibility index (Phi) is 5.71. The highest BCUT2D eigenvalue weighted by Crippen LogP contribution is 2.26. The molecule has 0 saturated carbocycles. The van der Waals surface area contributed by atoms with E-state index in [0.29, 0.717) is 0 Å². The van der Waals surface area contributed by atoms with Crippen molar-refractivity contribution in [2.45, 2.75) is 58.2 Å². The van der Waals surface area contributed by atoms with Gasteiger partial charge in [-0.15, -0.1) is 0 Å². The van der Waals surface area contributed by atoms with Crippen LogP contribution in [0, 0.1) is 0 Å². The highest BCUT2D eigenvalue weighted by atomic mass is 19.4. The lowest BCUT2D eigenvalue weighted by Crippen LogP contribution is -2.44. The van der Waals surface area contributed by atoms with Crippen LogP contribution in [0.25, 0.3) is 0 Å². The number of hydrogen-bond acceptors (Lipinski definition) is 4. The van der Waals surface area contributed by atoms with Crippen LogP contribution in [0.1, 0.15) is 34.6 Å². The minimum Gasteiger partial charge on any atom is -0.455 e. The maximum absolute atomic E-state index is 12.7. The highest BCUT2D eigenvalue weighted by Gasteiger charge is 2.48. The molecule has 0 aliphatic heterocycles. The SMILES string of the molecule is CC(=O)C(C)(C)OCC(C)(C)OC(=O)C(F)C(F)(F)F. The summed E-state index contributed by atoms with van der Waals surface area (Å²) in [7, 11) is 0. The molecule has 0 aromatic carbocycles. The predicted molar refractivity (Wildman–Crippen MR) is 61.8 cm³/mol. The number of rotatable bonds is 6. The Hall–Kier alpha value is -1.18. The zero-order chi connectivity index (χ0) is 16.4. The van der Waals surface area contributed by atoms with Crippen LogP contribution in [-0.2, 0) is 19.1 Å². The molecular weight excluding hydrogens is 284 g/mol. The van der Waals surface area contributed by atoms with Gasteiger partial charge in [0.2, 0.25) is 0 Å². The molecule has 0 aromatic heterocycles. The smallest absolute Gasteiger partial charge is 0.430 e. The fourth-order valence-corrected chi connectivity index (χ4v) is 0.943. The van der Waals surface area contributed by atoms with Gasteiger partial charge in [-0.05, 0) is 34.6 Å². The Balaban J connectivity index is 4.61. The normalized spacial score (nSPS) is 14.8. The quantitative estimate of drug-likeness (QED) is 0.559. The maximum atomic E-state index is 12.7. The van der Waals surface area contributed by atoms with Crippen LogP contribution in [0.2, 0.25) is 0 Å². The molecule has 0 amide bonds. The van der Waals surface area contributed by atoms with Gasteiger partial charge in [0.05, 0.1) is 6.61 Å². The number of carbonyl (C=O) groups is 2. The summed E-state index contributed by atoms with van der Waals surface area (Å²) in [6.45, 7) is 6.35. The summed E-state index contributed by atoms with van der Waals surface area (Å²) >= 11 is 0. The van der Waals surface area contributed by atoms with E-state index in [1.54, 1.807) is 0 Å². The molecule has 0 aliphatic carbocycles.